The van der Waals surface area contributed by atoms with Gasteiger partial charge >= 0.3 is 18.0 Å². The van der Waals surface area contributed by atoms with Gasteiger partial charge < -0.3 is 14.2 Å². The lowest BCUT2D eigenvalue weighted by molar-refractivity contribution is 0.361. The van der Waals surface area contributed by atoms with Crippen molar-refractivity contribution in [3.8, 4) is 35.3 Å². The average molecular weight is 425 g/mol. The lowest BCUT2D eigenvalue weighted by Gasteiger charge is -2.12. The molecule has 0 bridgehead atoms. The first-order chi connectivity index (χ1) is 15.5. The Morgan fingerprint density at radius 2 is 1.22 bits per heavy atom. The lowest BCUT2D eigenvalue weighted by atomic mass is 10.0. The summed E-state index contributed by atoms with van der Waals surface area (Å²) >= 11 is 0. The van der Waals surface area contributed by atoms with Crippen molar-refractivity contribution < 1.29 is 14.2 Å². The molecular formula is C26H23N3O3. The monoisotopic (exact) mass is 425 g/mol. The Morgan fingerprint density at radius 1 is 0.719 bits per heavy atom. The van der Waals surface area contributed by atoms with E-state index in [1.165, 1.54) is 0 Å². The van der Waals surface area contributed by atoms with Crippen LogP contribution >= 0.6 is 0 Å². The van der Waals surface area contributed by atoms with Crippen molar-refractivity contribution in [2.24, 2.45) is 0 Å². The summed E-state index contributed by atoms with van der Waals surface area (Å²) in [7, 11) is 0. The lowest BCUT2D eigenvalue weighted by Crippen LogP contribution is -2.02. The Kier molecular flexibility index (Phi) is 6.41. The van der Waals surface area contributed by atoms with Crippen LogP contribution in [-0.2, 0) is 6.42 Å². The van der Waals surface area contributed by atoms with Gasteiger partial charge in [0.1, 0.15) is 17.2 Å². The second kappa shape index (κ2) is 9.75. The second-order valence-corrected chi connectivity index (χ2v) is 7.36. The molecule has 0 saturated heterocycles. The van der Waals surface area contributed by atoms with Crippen molar-refractivity contribution in [1.82, 2.24) is 15.0 Å². The van der Waals surface area contributed by atoms with E-state index in [-0.39, 0.29) is 18.0 Å². The number of ether oxygens (including phenoxy) is 3. The first kappa shape index (κ1) is 21.1. The highest BCUT2D eigenvalue weighted by Gasteiger charge is 2.14. The number of aromatic nitrogens is 3. The second-order valence-electron chi connectivity index (χ2n) is 7.36. The van der Waals surface area contributed by atoms with Gasteiger partial charge in [-0.05, 0) is 56.2 Å². The van der Waals surface area contributed by atoms with Crippen LogP contribution in [0.1, 0.15) is 18.1 Å². The number of hydrogen-bond donors (Lipinski definition) is 0. The Labute approximate surface area is 187 Å². The zero-order valence-electron chi connectivity index (χ0n) is 18.0. The molecule has 4 aromatic rings. The highest BCUT2D eigenvalue weighted by atomic mass is 16.5. The van der Waals surface area contributed by atoms with Gasteiger partial charge in [-0.15, -0.1) is 15.0 Å². The van der Waals surface area contributed by atoms with E-state index in [2.05, 4.69) is 27.6 Å². The minimum Gasteiger partial charge on any atom is -0.424 e. The first-order valence-corrected chi connectivity index (χ1v) is 10.2. The predicted molar refractivity (Wildman–Crippen MR) is 123 cm³/mol. The van der Waals surface area contributed by atoms with Crippen molar-refractivity contribution in [3.63, 3.8) is 0 Å². The van der Waals surface area contributed by atoms with Crippen LogP contribution in [0, 0.1) is 6.92 Å². The normalized spacial score (nSPS) is 10.4. The van der Waals surface area contributed by atoms with Gasteiger partial charge in [0.05, 0.1) is 0 Å². The molecule has 0 aliphatic carbocycles. The summed E-state index contributed by atoms with van der Waals surface area (Å²) in [6.07, 6.45) is 0.683. The van der Waals surface area contributed by atoms with Gasteiger partial charge in [-0.3, -0.25) is 0 Å². The summed E-state index contributed by atoms with van der Waals surface area (Å²) in [4.78, 5) is 13.0. The van der Waals surface area contributed by atoms with Crippen molar-refractivity contribution in [2.45, 2.75) is 20.3 Å². The Morgan fingerprint density at radius 3 is 1.72 bits per heavy atom. The highest BCUT2D eigenvalue weighted by molar-refractivity contribution is 5.40. The smallest absolute Gasteiger partial charge is 0.331 e. The van der Waals surface area contributed by atoms with Crippen molar-refractivity contribution in [1.29, 1.82) is 0 Å². The molecule has 160 valence electrons. The largest absolute Gasteiger partial charge is 0.424 e. The molecule has 0 atom stereocenters. The van der Waals surface area contributed by atoms with Crippen LogP contribution in [0.2, 0.25) is 0 Å². The fraction of sp³-hybridized carbons (Fsp3) is 0.115. The molecule has 6 heteroatoms. The molecule has 32 heavy (non-hydrogen) atoms. The molecule has 1 aromatic heterocycles. The molecule has 3 aromatic carbocycles. The number of allylic oxidation sites excluding steroid dienone is 1. The Balaban J connectivity index is 1.68. The molecular weight excluding hydrogens is 402 g/mol. The number of para-hydroxylation sites is 2. The molecule has 0 aliphatic heterocycles. The van der Waals surface area contributed by atoms with Crippen LogP contribution in [-0.4, -0.2) is 15.0 Å². The molecule has 6 nitrogen and oxygen atoms in total. The molecule has 1 heterocycles. The quantitative estimate of drug-likeness (QED) is 0.294. The van der Waals surface area contributed by atoms with E-state index < -0.39 is 0 Å². The Hall–Kier alpha value is -4.19. The topological polar surface area (TPSA) is 66.4 Å². The number of aryl methyl sites for hydroxylation is 1. The van der Waals surface area contributed by atoms with Gasteiger partial charge in [-0.25, -0.2) is 0 Å². The molecule has 0 spiro atoms. The third-order valence-corrected chi connectivity index (χ3v) is 4.39. The van der Waals surface area contributed by atoms with Gasteiger partial charge in [-0.2, -0.15) is 0 Å². The van der Waals surface area contributed by atoms with E-state index in [0.717, 1.165) is 16.7 Å². The molecule has 0 unspecified atom stereocenters. The average Bonchev–Trinajstić information content (AvgIpc) is 2.77. The molecule has 0 saturated carbocycles. The maximum absolute atomic E-state index is 6.06. The van der Waals surface area contributed by atoms with Gasteiger partial charge in [0, 0.05) is 0 Å². The van der Waals surface area contributed by atoms with E-state index >= 15 is 0 Å². The summed E-state index contributed by atoms with van der Waals surface area (Å²) < 4.78 is 17.7. The molecule has 4 rings (SSSR count). The van der Waals surface area contributed by atoms with Gasteiger partial charge in [0.2, 0.25) is 0 Å². The zero-order valence-corrected chi connectivity index (χ0v) is 18.0. The maximum atomic E-state index is 6.06. The molecule has 0 radical (unpaired) electrons. The summed E-state index contributed by atoms with van der Waals surface area (Å²) in [5.74, 6) is 1.82. The van der Waals surface area contributed by atoms with Crippen LogP contribution in [0.4, 0.5) is 0 Å². The van der Waals surface area contributed by atoms with Crippen LogP contribution in [0.5, 0.6) is 35.3 Å². The van der Waals surface area contributed by atoms with Crippen molar-refractivity contribution in [3.05, 3.63) is 102 Å². The summed E-state index contributed by atoms with van der Waals surface area (Å²) in [6.45, 7) is 8.03. The molecule has 0 fully saturated rings. The number of benzene rings is 3. The van der Waals surface area contributed by atoms with Crippen LogP contribution in [0.15, 0.2) is 91.0 Å². The summed E-state index contributed by atoms with van der Waals surface area (Å²) in [6, 6.07) is 24.7. The highest BCUT2D eigenvalue weighted by Crippen LogP contribution is 2.29. The zero-order chi connectivity index (χ0) is 22.3. The first-order valence-electron chi connectivity index (χ1n) is 10.2. The van der Waals surface area contributed by atoms with E-state index in [1.54, 1.807) is 0 Å². The maximum Gasteiger partial charge on any atom is 0.331 e. The van der Waals surface area contributed by atoms with Crippen LogP contribution in [0.3, 0.4) is 0 Å². The fourth-order valence-electron chi connectivity index (χ4n) is 3.01. The number of nitrogens with zero attached hydrogens (tertiary/aromatic N) is 3. The predicted octanol–water partition coefficient (Wildman–Crippen LogP) is 6.68. The van der Waals surface area contributed by atoms with Gasteiger partial charge in [0.25, 0.3) is 0 Å². The third kappa shape index (κ3) is 5.70. The van der Waals surface area contributed by atoms with Crippen molar-refractivity contribution >= 4 is 0 Å². The summed E-state index contributed by atoms with van der Waals surface area (Å²) in [5, 5.41) is 0. The van der Waals surface area contributed by atoms with Crippen LogP contribution in [0.25, 0.3) is 0 Å². The van der Waals surface area contributed by atoms with Gasteiger partial charge in [0.15, 0.2) is 0 Å². The Bertz CT molecular complexity index is 1150. The minimum absolute atomic E-state index is 0.0701. The molecule has 0 N–H and O–H groups in total. The number of rotatable bonds is 8. The minimum atomic E-state index is 0.0701. The SMILES string of the molecule is C=C(C)Cc1cc(C)ccc1Oc1nc(Oc2ccccc2)nc(Oc2ccccc2)n1. The fourth-order valence-corrected chi connectivity index (χ4v) is 3.01. The van der Waals surface area contributed by atoms with E-state index in [0.29, 0.717) is 23.7 Å². The van der Waals surface area contributed by atoms with Crippen molar-refractivity contribution in [2.75, 3.05) is 0 Å². The third-order valence-electron chi connectivity index (χ3n) is 4.39. The number of hydrogen-bond acceptors (Lipinski definition) is 6. The molecule has 0 amide bonds. The summed E-state index contributed by atoms with van der Waals surface area (Å²) in [5.41, 5.74) is 3.15. The van der Waals surface area contributed by atoms with E-state index in [4.69, 9.17) is 14.2 Å². The van der Waals surface area contributed by atoms with E-state index in [9.17, 15) is 0 Å². The standard InChI is InChI=1S/C26H23N3O3/c1-18(2)16-20-17-19(3)14-15-23(20)32-26-28-24(30-21-10-6-4-7-11-21)27-25(29-26)31-22-12-8-5-9-13-22/h4-15,17H,1,16H2,2-3H3. The van der Waals surface area contributed by atoms with Crippen LogP contribution < -0.4 is 14.2 Å². The molecule has 0 aliphatic rings. The van der Waals surface area contributed by atoms with E-state index in [1.807, 2.05) is 86.6 Å². The van der Waals surface area contributed by atoms with Gasteiger partial charge in [-0.1, -0.05) is 66.2 Å².